The van der Waals surface area contributed by atoms with Gasteiger partial charge in [-0.05, 0) is 34.2 Å². The number of halogens is 3. The number of fused-ring (bicyclic) bond motifs is 1. The molecule has 1 unspecified atom stereocenters. The molecule has 1 amide bonds. The second-order valence-corrected chi connectivity index (χ2v) is 10.1. The molecule has 11 nitrogen and oxygen atoms in total. The van der Waals surface area contributed by atoms with Gasteiger partial charge in [-0.3, -0.25) is 19.3 Å². The molecule has 2 aliphatic heterocycles. The van der Waals surface area contributed by atoms with Crippen molar-refractivity contribution in [3.05, 3.63) is 29.6 Å². The van der Waals surface area contributed by atoms with Crippen molar-refractivity contribution in [1.82, 2.24) is 39.7 Å². The lowest BCUT2D eigenvalue weighted by Gasteiger charge is -2.43. The molecule has 1 atom stereocenters. The summed E-state index contributed by atoms with van der Waals surface area (Å²) < 4.78 is 35.6. The summed E-state index contributed by atoms with van der Waals surface area (Å²) >= 11 is 0. The number of carboxylic acid groups (broad SMARTS) is 1. The Morgan fingerprint density at radius 2 is 1.83 bits per heavy atom. The van der Waals surface area contributed by atoms with Gasteiger partial charge in [-0.25, -0.2) is 4.79 Å². The van der Waals surface area contributed by atoms with Gasteiger partial charge in [0, 0.05) is 50.5 Å². The number of hydrogen-bond acceptors (Lipinski definition) is 7. The highest BCUT2D eigenvalue weighted by Gasteiger charge is 2.46. The number of nitrogens with zero attached hydrogens (tertiary/aromatic N) is 7. The molecule has 1 fully saturated rings. The van der Waals surface area contributed by atoms with Crippen LogP contribution in [0.3, 0.4) is 0 Å². The molecule has 1 saturated heterocycles. The fraction of sp³-hybridized carbons (Fsp3) is 0.667. The van der Waals surface area contributed by atoms with E-state index in [4.69, 9.17) is 9.90 Å². The first-order valence-corrected chi connectivity index (χ1v) is 11.1. The van der Waals surface area contributed by atoms with Crippen molar-refractivity contribution in [2.24, 2.45) is 7.05 Å². The summed E-state index contributed by atoms with van der Waals surface area (Å²) in [4.78, 5) is 26.5. The van der Waals surface area contributed by atoms with Crippen LogP contribution in [0.1, 0.15) is 49.2 Å². The third-order valence-corrected chi connectivity index (χ3v) is 5.98. The first kappa shape index (κ1) is 26.6. The van der Waals surface area contributed by atoms with Gasteiger partial charge in [-0.15, -0.1) is 10.2 Å². The average molecular weight is 501 g/mol. The topological polar surface area (TPSA) is 121 Å². The van der Waals surface area contributed by atoms with Gasteiger partial charge < -0.3 is 15.0 Å². The minimum atomic E-state index is -5.08. The summed E-state index contributed by atoms with van der Waals surface area (Å²) in [7, 11) is 4.10. The molecule has 35 heavy (non-hydrogen) atoms. The zero-order valence-electron chi connectivity index (χ0n) is 20.4. The van der Waals surface area contributed by atoms with Gasteiger partial charge in [-0.1, -0.05) is 0 Å². The van der Waals surface area contributed by atoms with Crippen molar-refractivity contribution in [2.75, 3.05) is 20.1 Å². The van der Waals surface area contributed by atoms with Gasteiger partial charge in [0.2, 0.25) is 5.82 Å². The molecule has 2 aromatic heterocycles. The fourth-order valence-corrected chi connectivity index (χ4v) is 4.31. The molecule has 14 heteroatoms. The molecule has 2 N–H and O–H groups in total. The number of carbonyl (C=O) groups excluding carboxylic acids is 1. The van der Waals surface area contributed by atoms with E-state index >= 15 is 0 Å². The predicted molar refractivity (Wildman–Crippen MR) is 118 cm³/mol. The van der Waals surface area contributed by atoms with E-state index in [1.54, 1.807) is 0 Å². The van der Waals surface area contributed by atoms with Crippen LogP contribution in [-0.4, -0.2) is 88.7 Å². The number of rotatable bonds is 3. The smallest absolute Gasteiger partial charge is 0.475 e. The van der Waals surface area contributed by atoms with Crippen molar-refractivity contribution >= 4 is 11.9 Å². The van der Waals surface area contributed by atoms with Crippen molar-refractivity contribution in [1.29, 1.82) is 0 Å². The van der Waals surface area contributed by atoms with E-state index in [0.29, 0.717) is 12.4 Å². The Labute approximate surface area is 200 Å². The minimum Gasteiger partial charge on any atom is -0.475 e. The van der Waals surface area contributed by atoms with Crippen LogP contribution in [-0.2, 0) is 31.5 Å². The number of hydrogen-bond donors (Lipinski definition) is 2. The largest absolute Gasteiger partial charge is 0.490 e. The Kier molecular flexibility index (Phi) is 7.27. The Balaban J connectivity index is 0.000000429. The van der Waals surface area contributed by atoms with Gasteiger partial charge in [0.05, 0.1) is 18.3 Å². The van der Waals surface area contributed by atoms with E-state index in [1.165, 1.54) is 5.56 Å². The van der Waals surface area contributed by atoms with Crippen molar-refractivity contribution < 1.29 is 27.9 Å². The number of amides is 1. The maximum absolute atomic E-state index is 12.7. The average Bonchev–Trinajstić information content (AvgIpc) is 3.41. The Hall–Kier alpha value is -3.00. The Morgan fingerprint density at radius 3 is 2.37 bits per heavy atom. The Bertz CT molecular complexity index is 1070. The van der Waals surface area contributed by atoms with Crippen LogP contribution >= 0.6 is 0 Å². The first-order chi connectivity index (χ1) is 16.1. The fourth-order valence-electron chi connectivity index (χ4n) is 4.31. The molecule has 0 radical (unpaired) electrons. The standard InChI is InChI=1S/C19H30N8O.C2HF3O2/c1-18(2,3)21-17(28)16-23-22-15-11-24(4)19(13-27(15)16)6-7-26(12-19)10-14-8-20-25(5)9-14;3-2(4,5)1(6)7/h8-9H,6-7,10-13H2,1-5H3,(H,21,28);(H,6,7). The summed E-state index contributed by atoms with van der Waals surface area (Å²) in [5.41, 5.74) is 0.919. The number of likely N-dealkylation sites (N-methyl/N-ethyl adjacent to an activating group) is 1. The summed E-state index contributed by atoms with van der Waals surface area (Å²) in [5.74, 6) is -1.63. The van der Waals surface area contributed by atoms with Crippen LogP contribution in [0.2, 0.25) is 0 Å². The van der Waals surface area contributed by atoms with E-state index in [-0.39, 0.29) is 17.0 Å². The zero-order chi connectivity index (χ0) is 26.2. The number of carbonyl (C=O) groups is 2. The summed E-state index contributed by atoms with van der Waals surface area (Å²) in [5, 5.41) is 22.9. The molecule has 2 aliphatic rings. The number of aliphatic carboxylic acids is 1. The van der Waals surface area contributed by atoms with Gasteiger partial charge in [0.15, 0.2) is 0 Å². The molecule has 2 aromatic rings. The van der Waals surface area contributed by atoms with E-state index in [0.717, 1.165) is 38.4 Å². The third kappa shape index (κ3) is 6.36. The number of alkyl halides is 3. The minimum absolute atomic E-state index is 0.00560. The molecule has 1 spiro atoms. The number of aryl methyl sites for hydroxylation is 1. The highest BCUT2D eigenvalue weighted by atomic mass is 19.4. The normalized spacial score (nSPS) is 20.9. The molecule has 0 aromatic carbocycles. The van der Waals surface area contributed by atoms with E-state index in [1.807, 2.05) is 43.3 Å². The maximum Gasteiger partial charge on any atom is 0.490 e. The van der Waals surface area contributed by atoms with Crippen LogP contribution < -0.4 is 5.32 Å². The summed E-state index contributed by atoms with van der Waals surface area (Å²) in [6.07, 6.45) is -0.0213. The van der Waals surface area contributed by atoms with Crippen molar-refractivity contribution in [3.8, 4) is 0 Å². The van der Waals surface area contributed by atoms with Crippen LogP contribution in [0.5, 0.6) is 0 Å². The van der Waals surface area contributed by atoms with Crippen molar-refractivity contribution in [2.45, 2.75) is 64.1 Å². The van der Waals surface area contributed by atoms with Crippen LogP contribution in [0.4, 0.5) is 13.2 Å². The molecular weight excluding hydrogens is 469 g/mol. The highest BCUT2D eigenvalue weighted by Crippen LogP contribution is 2.34. The predicted octanol–water partition coefficient (Wildman–Crippen LogP) is 1.26. The van der Waals surface area contributed by atoms with Gasteiger partial charge >= 0.3 is 12.1 Å². The number of likely N-dealkylation sites (tertiary alicyclic amines) is 1. The quantitative estimate of drug-likeness (QED) is 0.646. The van der Waals surface area contributed by atoms with E-state index < -0.39 is 12.1 Å². The van der Waals surface area contributed by atoms with Gasteiger partial charge in [0.1, 0.15) is 5.82 Å². The lowest BCUT2D eigenvalue weighted by Crippen LogP contribution is -2.55. The third-order valence-electron chi connectivity index (χ3n) is 5.98. The number of aromatic nitrogens is 5. The Morgan fingerprint density at radius 1 is 1.17 bits per heavy atom. The molecular formula is C21H31F3N8O3. The van der Waals surface area contributed by atoms with Crippen LogP contribution in [0, 0.1) is 0 Å². The van der Waals surface area contributed by atoms with Gasteiger partial charge in [-0.2, -0.15) is 18.3 Å². The van der Waals surface area contributed by atoms with Crippen LogP contribution in [0.15, 0.2) is 12.4 Å². The molecule has 0 saturated carbocycles. The molecule has 0 aliphatic carbocycles. The molecule has 0 bridgehead atoms. The molecule has 4 heterocycles. The molecule has 4 rings (SSSR count). The van der Waals surface area contributed by atoms with E-state index in [9.17, 15) is 18.0 Å². The SMILES string of the molecule is CN1Cc2nnc(C(=O)NC(C)(C)C)n2CC12CCN(Cc1cnn(C)c1)C2.O=C(O)C(F)(F)F. The lowest BCUT2D eigenvalue weighted by molar-refractivity contribution is -0.192. The lowest BCUT2D eigenvalue weighted by atomic mass is 9.94. The first-order valence-electron chi connectivity index (χ1n) is 11.1. The second-order valence-electron chi connectivity index (χ2n) is 10.1. The van der Waals surface area contributed by atoms with Crippen molar-refractivity contribution in [3.63, 3.8) is 0 Å². The summed E-state index contributed by atoms with van der Waals surface area (Å²) in [6.45, 7) is 10.2. The number of nitrogens with one attached hydrogen (secondary N) is 1. The summed E-state index contributed by atoms with van der Waals surface area (Å²) in [6, 6.07) is 0. The highest BCUT2D eigenvalue weighted by molar-refractivity contribution is 5.91. The second kappa shape index (κ2) is 9.57. The maximum atomic E-state index is 12.7. The monoisotopic (exact) mass is 500 g/mol. The van der Waals surface area contributed by atoms with Gasteiger partial charge in [0.25, 0.3) is 5.91 Å². The van der Waals surface area contributed by atoms with E-state index in [2.05, 4.69) is 43.7 Å². The zero-order valence-corrected chi connectivity index (χ0v) is 20.4. The molecule has 194 valence electrons. The number of carboxylic acids is 1. The van der Waals surface area contributed by atoms with Crippen LogP contribution in [0.25, 0.3) is 0 Å².